The van der Waals surface area contributed by atoms with Gasteiger partial charge in [0.15, 0.2) is 0 Å². The van der Waals surface area contributed by atoms with Crippen molar-refractivity contribution in [2.45, 2.75) is 141 Å². The lowest BCUT2D eigenvalue weighted by molar-refractivity contribution is -0.137. The quantitative estimate of drug-likeness (QED) is 0.115. The average Bonchev–Trinajstić information content (AvgIpc) is 2.89. The number of rotatable bonds is 20. The summed E-state index contributed by atoms with van der Waals surface area (Å²) in [6.07, 6.45) is 21.6. The molecule has 0 aromatic rings. The largest absolute Gasteiger partial charge is 0.465 e. The SMILES string of the molecule is CCCCCCCCCCCCCCCCCCNC(=O)ON1C(C)=C(C(=O)OC)C(N)=C(C)C1C1CCS1. The number of esters is 1. The predicted molar refractivity (Wildman–Crippen MR) is 162 cm³/mol. The van der Waals surface area contributed by atoms with Crippen molar-refractivity contribution in [3.8, 4) is 0 Å². The van der Waals surface area contributed by atoms with Crippen LogP contribution in [0.15, 0.2) is 22.5 Å². The van der Waals surface area contributed by atoms with Crippen LogP contribution in [-0.2, 0) is 14.4 Å². The molecule has 0 saturated carbocycles. The highest BCUT2D eigenvalue weighted by Gasteiger charge is 2.42. The van der Waals surface area contributed by atoms with E-state index in [4.69, 9.17) is 15.3 Å². The number of carbonyl (C=O) groups is 2. The van der Waals surface area contributed by atoms with Crippen LogP contribution in [0.25, 0.3) is 0 Å². The van der Waals surface area contributed by atoms with Crippen molar-refractivity contribution in [1.29, 1.82) is 0 Å². The zero-order valence-corrected chi connectivity index (χ0v) is 26.0. The molecule has 0 aromatic carbocycles. The van der Waals surface area contributed by atoms with Crippen LogP contribution in [0.5, 0.6) is 0 Å². The number of nitrogens with one attached hydrogen (secondary N) is 1. The number of ether oxygens (including phenoxy) is 1. The van der Waals surface area contributed by atoms with Gasteiger partial charge in [0.2, 0.25) is 0 Å². The molecule has 2 rings (SSSR count). The molecule has 3 N–H and O–H groups in total. The summed E-state index contributed by atoms with van der Waals surface area (Å²) >= 11 is 1.82. The highest BCUT2D eigenvalue weighted by molar-refractivity contribution is 8.01. The smallest absolute Gasteiger partial charge is 0.431 e. The Hall–Kier alpha value is -1.83. The van der Waals surface area contributed by atoms with Crippen LogP contribution >= 0.6 is 11.8 Å². The van der Waals surface area contributed by atoms with Crippen LogP contribution < -0.4 is 11.1 Å². The summed E-state index contributed by atoms with van der Waals surface area (Å²) in [7, 11) is 1.33. The van der Waals surface area contributed by atoms with Gasteiger partial charge in [0.1, 0.15) is 11.6 Å². The number of carbonyl (C=O) groups excluding carboxylic acids is 2. The van der Waals surface area contributed by atoms with Crippen molar-refractivity contribution in [1.82, 2.24) is 10.4 Å². The number of thioether (sulfide) groups is 1. The number of amides is 1. The Morgan fingerprint density at radius 2 is 1.38 bits per heavy atom. The van der Waals surface area contributed by atoms with Crippen LogP contribution in [0.2, 0.25) is 0 Å². The van der Waals surface area contributed by atoms with E-state index in [0.717, 1.165) is 30.6 Å². The van der Waals surface area contributed by atoms with E-state index in [-0.39, 0.29) is 16.9 Å². The molecule has 0 aliphatic carbocycles. The Kier molecular flexibility index (Phi) is 16.5. The van der Waals surface area contributed by atoms with Crippen LogP contribution in [-0.4, -0.2) is 47.8 Å². The van der Waals surface area contributed by atoms with Gasteiger partial charge >= 0.3 is 12.1 Å². The first-order chi connectivity index (χ1) is 18.9. The van der Waals surface area contributed by atoms with Gasteiger partial charge in [0.05, 0.1) is 12.8 Å². The van der Waals surface area contributed by atoms with E-state index in [1.165, 1.54) is 97.0 Å². The highest BCUT2D eigenvalue weighted by atomic mass is 32.2. The Balaban J connectivity index is 1.58. The minimum Gasteiger partial charge on any atom is -0.465 e. The number of nitrogens with two attached hydrogens (primary N) is 1. The van der Waals surface area contributed by atoms with Gasteiger partial charge in [-0.25, -0.2) is 9.59 Å². The third kappa shape index (κ3) is 11.3. The monoisotopic (exact) mass is 565 g/mol. The number of unbranched alkanes of at least 4 members (excludes halogenated alkanes) is 15. The predicted octanol–water partition coefficient (Wildman–Crippen LogP) is 7.76. The maximum atomic E-state index is 12.7. The minimum atomic E-state index is -0.522. The van der Waals surface area contributed by atoms with Crippen molar-refractivity contribution in [3.63, 3.8) is 0 Å². The number of hydrogen-bond donors (Lipinski definition) is 2. The second-order valence-electron chi connectivity index (χ2n) is 11.1. The first-order valence-electron chi connectivity index (χ1n) is 15.5. The van der Waals surface area contributed by atoms with Crippen molar-refractivity contribution in [3.05, 3.63) is 22.5 Å². The summed E-state index contributed by atoms with van der Waals surface area (Å²) in [5.41, 5.74) is 8.36. The third-order valence-corrected chi connectivity index (χ3v) is 9.43. The molecule has 8 heteroatoms. The molecular formula is C31H55N3O4S. The van der Waals surface area contributed by atoms with Crippen LogP contribution in [0.3, 0.4) is 0 Å². The van der Waals surface area contributed by atoms with Gasteiger partial charge in [-0.2, -0.15) is 16.8 Å². The summed E-state index contributed by atoms with van der Waals surface area (Å²) < 4.78 is 4.94. The van der Waals surface area contributed by atoms with Crippen molar-refractivity contribution < 1.29 is 19.2 Å². The molecule has 0 aromatic heterocycles. The number of hydroxylamine groups is 2. The molecule has 0 spiro atoms. The number of allylic oxidation sites excluding steroid dienone is 1. The summed E-state index contributed by atoms with van der Waals surface area (Å²) in [5.74, 6) is 0.548. The van der Waals surface area contributed by atoms with Gasteiger partial charge in [-0.05, 0) is 38.0 Å². The molecule has 39 heavy (non-hydrogen) atoms. The third-order valence-electron chi connectivity index (χ3n) is 8.04. The maximum absolute atomic E-state index is 12.7. The first kappa shape index (κ1) is 33.4. The van der Waals surface area contributed by atoms with Gasteiger partial charge < -0.3 is 20.6 Å². The van der Waals surface area contributed by atoms with E-state index >= 15 is 0 Å². The van der Waals surface area contributed by atoms with Crippen molar-refractivity contribution in [2.75, 3.05) is 19.4 Å². The fourth-order valence-corrected chi connectivity index (χ4v) is 6.45. The van der Waals surface area contributed by atoms with Crippen LogP contribution in [0.4, 0.5) is 4.79 Å². The Morgan fingerprint density at radius 3 is 1.82 bits per heavy atom. The van der Waals surface area contributed by atoms with E-state index in [1.807, 2.05) is 18.7 Å². The van der Waals surface area contributed by atoms with Gasteiger partial charge in [-0.3, -0.25) is 0 Å². The standard InChI is InChI=1S/C31H55N3O4S/c1-5-6-7-8-9-10-11-12-13-14-15-16-17-18-19-20-22-33-31(36)38-34-25(3)27(30(35)37-4)28(32)24(2)29(34)26-21-23-39-26/h26,29H,5-23,32H2,1-4H3,(H,33,36). The van der Waals surface area contributed by atoms with Gasteiger partial charge in [0.25, 0.3) is 0 Å². The second kappa shape index (κ2) is 19.3. The van der Waals surface area contributed by atoms with E-state index in [1.54, 1.807) is 12.0 Å². The zero-order chi connectivity index (χ0) is 28.5. The molecule has 2 heterocycles. The minimum absolute atomic E-state index is 0.182. The molecular weight excluding hydrogens is 510 g/mol. The molecule has 2 unspecified atom stereocenters. The Labute approximate surface area is 242 Å². The van der Waals surface area contributed by atoms with Gasteiger partial charge in [-0.15, -0.1) is 0 Å². The Morgan fingerprint density at radius 1 is 0.897 bits per heavy atom. The molecule has 0 radical (unpaired) electrons. The lowest BCUT2D eigenvalue weighted by Gasteiger charge is -2.44. The molecule has 1 saturated heterocycles. The van der Waals surface area contributed by atoms with Crippen molar-refractivity contribution >= 4 is 23.8 Å². The summed E-state index contributed by atoms with van der Waals surface area (Å²) in [6, 6.07) is -0.182. The average molecular weight is 566 g/mol. The molecule has 7 nitrogen and oxygen atoms in total. The number of methoxy groups -OCH3 is 1. The molecule has 0 bridgehead atoms. The normalized spacial score (nSPS) is 19.2. The van der Waals surface area contributed by atoms with Gasteiger partial charge in [-0.1, -0.05) is 103 Å². The fourth-order valence-electron chi connectivity index (χ4n) is 5.45. The second-order valence-corrected chi connectivity index (χ2v) is 12.5. The summed E-state index contributed by atoms with van der Waals surface area (Å²) in [6.45, 7) is 6.51. The number of nitrogens with zero attached hydrogens (tertiary/aromatic N) is 1. The molecule has 224 valence electrons. The molecule has 2 aliphatic heterocycles. The molecule has 1 amide bonds. The van der Waals surface area contributed by atoms with Crippen LogP contribution in [0, 0.1) is 0 Å². The first-order valence-corrected chi connectivity index (χ1v) is 16.6. The highest BCUT2D eigenvalue weighted by Crippen LogP contribution is 2.41. The summed E-state index contributed by atoms with van der Waals surface area (Å²) in [5, 5.41) is 4.72. The molecule has 2 aliphatic rings. The summed E-state index contributed by atoms with van der Waals surface area (Å²) in [4.78, 5) is 30.8. The fraction of sp³-hybridized carbons (Fsp3) is 0.806. The van der Waals surface area contributed by atoms with E-state index < -0.39 is 12.1 Å². The molecule has 2 atom stereocenters. The van der Waals surface area contributed by atoms with E-state index in [2.05, 4.69) is 12.2 Å². The topological polar surface area (TPSA) is 93.9 Å². The number of hydrogen-bond acceptors (Lipinski definition) is 7. The maximum Gasteiger partial charge on any atom is 0.431 e. The lowest BCUT2D eigenvalue weighted by atomic mass is 9.92. The Bertz CT molecular complexity index is 810. The zero-order valence-electron chi connectivity index (χ0n) is 25.2. The van der Waals surface area contributed by atoms with Crippen LogP contribution in [0.1, 0.15) is 130 Å². The van der Waals surface area contributed by atoms with E-state index in [9.17, 15) is 9.59 Å². The molecule has 1 fully saturated rings. The van der Waals surface area contributed by atoms with E-state index in [0.29, 0.717) is 17.9 Å². The lowest BCUT2D eigenvalue weighted by Crippen LogP contribution is -2.51. The van der Waals surface area contributed by atoms with Crippen molar-refractivity contribution in [2.24, 2.45) is 5.73 Å². The van der Waals surface area contributed by atoms with Gasteiger partial charge in [0, 0.05) is 17.5 Å².